The molecule has 0 radical (unpaired) electrons. The molecule has 2 aromatic rings. The summed E-state index contributed by atoms with van der Waals surface area (Å²) in [4.78, 5) is 12.3. The number of aryl methyl sites for hydroxylation is 3. The van der Waals surface area contributed by atoms with Crippen LogP contribution in [0.15, 0.2) is 29.1 Å². The zero-order valence-electron chi connectivity index (χ0n) is 11.2. The van der Waals surface area contributed by atoms with E-state index in [0.29, 0.717) is 16.9 Å². The standard InChI is InChI=1S/C15H15N3O/c1-9-4-5-12(7-14(9)17)18-11(3)6-10(2)13(8-16)15(18)19/h4-7H,17H2,1-3H3. The van der Waals surface area contributed by atoms with Crippen molar-refractivity contribution in [3.8, 4) is 11.8 Å². The maximum atomic E-state index is 12.3. The maximum absolute atomic E-state index is 12.3. The van der Waals surface area contributed by atoms with E-state index in [-0.39, 0.29) is 11.1 Å². The minimum Gasteiger partial charge on any atom is -0.398 e. The van der Waals surface area contributed by atoms with Gasteiger partial charge in [0.15, 0.2) is 0 Å². The van der Waals surface area contributed by atoms with Crippen LogP contribution in [0.3, 0.4) is 0 Å². The highest BCUT2D eigenvalue weighted by molar-refractivity contribution is 5.54. The van der Waals surface area contributed by atoms with Gasteiger partial charge in [0.25, 0.3) is 5.56 Å². The minimum absolute atomic E-state index is 0.171. The number of nitrogen functional groups attached to an aromatic ring is 1. The average molecular weight is 253 g/mol. The number of hydrogen-bond acceptors (Lipinski definition) is 3. The van der Waals surface area contributed by atoms with Crippen LogP contribution in [0.25, 0.3) is 5.69 Å². The van der Waals surface area contributed by atoms with Gasteiger partial charge in [-0.2, -0.15) is 5.26 Å². The molecule has 0 bridgehead atoms. The molecule has 1 aromatic carbocycles. The van der Waals surface area contributed by atoms with E-state index in [2.05, 4.69) is 0 Å². The lowest BCUT2D eigenvalue weighted by Gasteiger charge is -2.13. The molecular formula is C15H15N3O. The van der Waals surface area contributed by atoms with Crippen molar-refractivity contribution in [2.24, 2.45) is 0 Å². The summed E-state index contributed by atoms with van der Waals surface area (Å²) in [6.45, 7) is 5.51. The number of rotatable bonds is 1. The predicted molar refractivity (Wildman–Crippen MR) is 75.4 cm³/mol. The van der Waals surface area contributed by atoms with Crippen molar-refractivity contribution < 1.29 is 0 Å². The Labute approximate surface area is 111 Å². The number of nitrogens with zero attached hydrogens (tertiary/aromatic N) is 2. The van der Waals surface area contributed by atoms with Crippen LogP contribution in [-0.2, 0) is 0 Å². The summed E-state index contributed by atoms with van der Waals surface area (Å²) in [6, 6.07) is 9.24. The minimum atomic E-state index is -0.303. The number of nitrogens with two attached hydrogens (primary N) is 1. The lowest BCUT2D eigenvalue weighted by atomic mass is 10.1. The van der Waals surface area contributed by atoms with E-state index in [1.165, 1.54) is 4.57 Å². The van der Waals surface area contributed by atoms with E-state index in [9.17, 15) is 4.79 Å². The smallest absolute Gasteiger partial charge is 0.273 e. The summed E-state index contributed by atoms with van der Waals surface area (Å²) in [5.41, 5.74) is 9.49. The van der Waals surface area contributed by atoms with Gasteiger partial charge in [-0.05, 0) is 50.1 Å². The van der Waals surface area contributed by atoms with Crippen molar-refractivity contribution in [3.63, 3.8) is 0 Å². The van der Waals surface area contributed by atoms with E-state index in [1.807, 2.05) is 38.1 Å². The van der Waals surface area contributed by atoms with Crippen LogP contribution in [0.2, 0.25) is 0 Å². The summed E-state index contributed by atoms with van der Waals surface area (Å²) in [6.07, 6.45) is 0. The molecule has 0 atom stereocenters. The zero-order chi connectivity index (χ0) is 14.2. The van der Waals surface area contributed by atoms with Gasteiger partial charge in [-0.15, -0.1) is 0 Å². The van der Waals surface area contributed by atoms with E-state index in [0.717, 1.165) is 11.3 Å². The van der Waals surface area contributed by atoms with Crippen molar-refractivity contribution >= 4 is 5.69 Å². The fraction of sp³-hybridized carbons (Fsp3) is 0.200. The molecule has 0 aliphatic carbocycles. The predicted octanol–water partition coefficient (Wildman–Crippen LogP) is 2.22. The van der Waals surface area contributed by atoms with Gasteiger partial charge in [0, 0.05) is 11.4 Å². The summed E-state index contributed by atoms with van der Waals surface area (Å²) >= 11 is 0. The first-order valence-corrected chi connectivity index (χ1v) is 5.95. The van der Waals surface area contributed by atoms with Crippen molar-refractivity contribution in [3.05, 3.63) is 57.0 Å². The molecule has 19 heavy (non-hydrogen) atoms. The second-order valence-electron chi connectivity index (χ2n) is 4.64. The SMILES string of the molecule is Cc1ccc(-n2c(C)cc(C)c(C#N)c2=O)cc1N. The Balaban J connectivity index is 2.80. The first-order chi connectivity index (χ1) is 8.95. The molecule has 4 heteroatoms. The van der Waals surface area contributed by atoms with Crippen LogP contribution in [-0.4, -0.2) is 4.57 Å². The molecule has 0 spiro atoms. The Hall–Kier alpha value is -2.54. The average Bonchev–Trinajstić information content (AvgIpc) is 2.33. The summed E-state index contributed by atoms with van der Waals surface area (Å²) in [7, 11) is 0. The quantitative estimate of drug-likeness (QED) is 0.792. The number of aromatic nitrogens is 1. The fourth-order valence-corrected chi connectivity index (χ4v) is 2.11. The molecule has 0 saturated carbocycles. The molecule has 4 nitrogen and oxygen atoms in total. The van der Waals surface area contributed by atoms with Crippen molar-refractivity contribution in [1.82, 2.24) is 4.57 Å². The highest BCUT2D eigenvalue weighted by Gasteiger charge is 2.11. The molecule has 0 aliphatic heterocycles. The first-order valence-electron chi connectivity index (χ1n) is 5.95. The largest absolute Gasteiger partial charge is 0.398 e. The molecule has 1 aromatic heterocycles. The molecular weight excluding hydrogens is 238 g/mol. The fourth-order valence-electron chi connectivity index (χ4n) is 2.11. The van der Waals surface area contributed by atoms with E-state index in [1.54, 1.807) is 13.0 Å². The third-order valence-corrected chi connectivity index (χ3v) is 3.22. The van der Waals surface area contributed by atoms with Gasteiger partial charge in [0.05, 0.1) is 5.69 Å². The Morgan fingerprint density at radius 1 is 1.16 bits per heavy atom. The van der Waals surface area contributed by atoms with Crippen LogP contribution in [0.4, 0.5) is 5.69 Å². The Kier molecular flexibility index (Phi) is 3.14. The number of hydrogen-bond donors (Lipinski definition) is 1. The molecule has 0 fully saturated rings. The van der Waals surface area contributed by atoms with E-state index < -0.39 is 0 Å². The third kappa shape index (κ3) is 2.11. The molecule has 2 rings (SSSR count). The van der Waals surface area contributed by atoms with Crippen molar-refractivity contribution in [2.75, 3.05) is 5.73 Å². The first kappa shape index (κ1) is 12.9. The van der Waals surface area contributed by atoms with Crippen molar-refractivity contribution in [2.45, 2.75) is 20.8 Å². The van der Waals surface area contributed by atoms with Crippen LogP contribution < -0.4 is 11.3 Å². The van der Waals surface area contributed by atoms with Crippen LogP contribution in [0.5, 0.6) is 0 Å². The third-order valence-electron chi connectivity index (χ3n) is 3.22. The van der Waals surface area contributed by atoms with Crippen LogP contribution in [0, 0.1) is 32.1 Å². The van der Waals surface area contributed by atoms with Gasteiger partial charge in [-0.1, -0.05) is 6.07 Å². The Bertz CT molecular complexity index is 751. The highest BCUT2D eigenvalue weighted by atomic mass is 16.1. The maximum Gasteiger partial charge on any atom is 0.273 e. The van der Waals surface area contributed by atoms with Crippen LogP contribution >= 0.6 is 0 Å². The zero-order valence-corrected chi connectivity index (χ0v) is 11.2. The molecule has 0 unspecified atom stereocenters. The number of anilines is 1. The Morgan fingerprint density at radius 2 is 1.84 bits per heavy atom. The van der Waals surface area contributed by atoms with Gasteiger partial charge < -0.3 is 5.73 Å². The molecule has 2 N–H and O–H groups in total. The molecule has 0 saturated heterocycles. The van der Waals surface area contributed by atoms with Crippen LogP contribution in [0.1, 0.15) is 22.4 Å². The second-order valence-corrected chi connectivity index (χ2v) is 4.64. The molecule has 1 heterocycles. The molecule has 0 aliphatic rings. The number of benzene rings is 1. The summed E-state index contributed by atoms with van der Waals surface area (Å²) < 4.78 is 1.52. The van der Waals surface area contributed by atoms with E-state index in [4.69, 9.17) is 11.0 Å². The summed E-state index contributed by atoms with van der Waals surface area (Å²) in [5, 5.41) is 9.07. The van der Waals surface area contributed by atoms with Gasteiger partial charge in [0.1, 0.15) is 11.6 Å². The topological polar surface area (TPSA) is 71.8 Å². The number of pyridine rings is 1. The second kappa shape index (κ2) is 4.62. The van der Waals surface area contributed by atoms with Gasteiger partial charge in [0.2, 0.25) is 0 Å². The lowest BCUT2D eigenvalue weighted by molar-refractivity contribution is 0.920. The van der Waals surface area contributed by atoms with Gasteiger partial charge in [-0.25, -0.2) is 0 Å². The number of nitriles is 1. The molecule has 0 amide bonds. The van der Waals surface area contributed by atoms with Gasteiger partial charge >= 0.3 is 0 Å². The van der Waals surface area contributed by atoms with E-state index >= 15 is 0 Å². The normalized spacial score (nSPS) is 10.2. The highest BCUT2D eigenvalue weighted by Crippen LogP contribution is 2.17. The van der Waals surface area contributed by atoms with Gasteiger partial charge in [-0.3, -0.25) is 9.36 Å². The summed E-state index contributed by atoms with van der Waals surface area (Å²) in [5.74, 6) is 0. The Morgan fingerprint density at radius 3 is 2.42 bits per heavy atom. The lowest BCUT2D eigenvalue weighted by Crippen LogP contribution is -2.24. The monoisotopic (exact) mass is 253 g/mol. The van der Waals surface area contributed by atoms with Crippen molar-refractivity contribution in [1.29, 1.82) is 5.26 Å². The molecule has 96 valence electrons.